The first-order valence-electron chi connectivity index (χ1n) is 9.16. The first-order chi connectivity index (χ1) is 13.4. The van der Waals surface area contributed by atoms with Gasteiger partial charge >= 0.3 is 5.97 Å². The highest BCUT2D eigenvalue weighted by molar-refractivity contribution is 6.02. The minimum atomic E-state index is -1.28. The van der Waals surface area contributed by atoms with Gasteiger partial charge < -0.3 is 10.1 Å². The van der Waals surface area contributed by atoms with Crippen molar-refractivity contribution in [3.63, 3.8) is 0 Å². The van der Waals surface area contributed by atoms with Crippen molar-refractivity contribution in [2.24, 2.45) is 0 Å². The largest absolute Gasteiger partial charge is 0.445 e. The van der Waals surface area contributed by atoms with Crippen molar-refractivity contribution < 1.29 is 14.3 Å². The molecule has 1 unspecified atom stereocenters. The Hall–Kier alpha value is -3.41. The monoisotopic (exact) mass is 375 g/mol. The summed E-state index contributed by atoms with van der Waals surface area (Å²) in [5.41, 5.74) is 1.91. The van der Waals surface area contributed by atoms with Crippen molar-refractivity contribution >= 4 is 17.7 Å². The van der Waals surface area contributed by atoms with E-state index in [4.69, 9.17) is 4.74 Å². The molecule has 142 valence electrons. The van der Waals surface area contributed by atoms with Crippen molar-refractivity contribution in [3.8, 4) is 0 Å². The maximum atomic E-state index is 13.0. The van der Waals surface area contributed by atoms with Gasteiger partial charge in [-0.05, 0) is 31.0 Å². The fourth-order valence-corrected chi connectivity index (χ4v) is 3.43. The van der Waals surface area contributed by atoms with Crippen molar-refractivity contribution in [1.82, 2.24) is 9.78 Å². The van der Waals surface area contributed by atoms with Gasteiger partial charge in [0.1, 0.15) is 5.82 Å². The number of hydrogen-bond acceptors (Lipinski definition) is 4. The zero-order valence-electron chi connectivity index (χ0n) is 15.8. The number of ether oxygens (including phenoxy) is 1. The van der Waals surface area contributed by atoms with Crippen molar-refractivity contribution in [3.05, 3.63) is 83.0 Å². The van der Waals surface area contributed by atoms with Gasteiger partial charge in [-0.1, -0.05) is 48.5 Å². The number of anilines is 1. The van der Waals surface area contributed by atoms with Gasteiger partial charge in [0, 0.05) is 12.5 Å². The van der Waals surface area contributed by atoms with Crippen LogP contribution in [0.15, 0.2) is 60.7 Å². The summed E-state index contributed by atoms with van der Waals surface area (Å²) >= 11 is 0. The average Bonchev–Trinajstić information content (AvgIpc) is 3.01. The first-order valence-corrected chi connectivity index (χ1v) is 9.16. The number of amides is 1. The van der Waals surface area contributed by atoms with Gasteiger partial charge in [-0.3, -0.25) is 4.79 Å². The number of esters is 1. The van der Waals surface area contributed by atoms with E-state index >= 15 is 0 Å². The van der Waals surface area contributed by atoms with Crippen molar-refractivity contribution in [1.29, 1.82) is 0 Å². The van der Waals surface area contributed by atoms with E-state index in [0.717, 1.165) is 16.8 Å². The van der Waals surface area contributed by atoms with Gasteiger partial charge in [-0.2, -0.15) is 5.10 Å². The third kappa shape index (κ3) is 3.41. The van der Waals surface area contributed by atoms with Crippen LogP contribution >= 0.6 is 0 Å². The van der Waals surface area contributed by atoms with Crippen LogP contribution in [0.4, 0.5) is 5.82 Å². The predicted octanol–water partition coefficient (Wildman–Crippen LogP) is 3.35. The second-order valence-electron chi connectivity index (χ2n) is 7.22. The van der Waals surface area contributed by atoms with Crippen LogP contribution in [-0.2, 0) is 22.5 Å². The standard InChI is InChI=1S/C22H21N3O3/c1-15-12-19(25(24-15)14-16-8-4-3-5-9-16)23-21(27)22(2)13-17-10-6-7-11-18(17)20(26)28-22/h3-12H,13-14H2,1-2H3,(H,23,27). The van der Waals surface area contributed by atoms with Gasteiger partial charge in [0.2, 0.25) is 0 Å². The molecular weight excluding hydrogens is 354 g/mol. The molecule has 0 aliphatic carbocycles. The summed E-state index contributed by atoms with van der Waals surface area (Å²) in [6.07, 6.45) is 0.326. The second-order valence-corrected chi connectivity index (χ2v) is 7.22. The molecule has 3 aromatic rings. The summed E-state index contributed by atoms with van der Waals surface area (Å²) in [5, 5.41) is 7.37. The highest BCUT2D eigenvalue weighted by atomic mass is 16.6. The van der Waals surface area contributed by atoms with Gasteiger partial charge in [0.05, 0.1) is 17.8 Å². The normalized spacial score (nSPS) is 18.3. The minimum absolute atomic E-state index is 0.326. The Morgan fingerprint density at radius 1 is 1.18 bits per heavy atom. The lowest BCUT2D eigenvalue weighted by molar-refractivity contribution is -0.134. The van der Waals surface area contributed by atoms with Crippen LogP contribution in [-0.4, -0.2) is 27.3 Å². The van der Waals surface area contributed by atoms with E-state index in [0.29, 0.717) is 24.3 Å². The fourth-order valence-electron chi connectivity index (χ4n) is 3.43. The zero-order chi connectivity index (χ0) is 19.7. The van der Waals surface area contributed by atoms with Gasteiger partial charge in [0.15, 0.2) is 5.60 Å². The molecule has 6 heteroatoms. The molecule has 0 saturated heterocycles. The summed E-state index contributed by atoms with van der Waals surface area (Å²) in [7, 11) is 0. The smallest absolute Gasteiger partial charge is 0.339 e. The Labute approximate surface area is 163 Å². The van der Waals surface area contributed by atoms with Crippen LogP contribution in [0.1, 0.15) is 34.1 Å². The van der Waals surface area contributed by atoms with Crippen LogP contribution in [0.2, 0.25) is 0 Å². The number of aromatic nitrogens is 2. The number of rotatable bonds is 4. The number of hydrogen-bond donors (Lipinski definition) is 1. The van der Waals surface area contributed by atoms with Gasteiger partial charge in [-0.15, -0.1) is 0 Å². The molecule has 6 nitrogen and oxygen atoms in total. The summed E-state index contributed by atoms with van der Waals surface area (Å²) in [6.45, 7) is 4.04. The molecule has 1 amide bonds. The Kier molecular flexibility index (Phi) is 4.47. The van der Waals surface area contributed by atoms with Crippen LogP contribution in [0.25, 0.3) is 0 Å². The molecule has 1 N–H and O–H groups in total. The van der Waals surface area contributed by atoms with Crippen LogP contribution in [0, 0.1) is 6.92 Å². The SMILES string of the molecule is Cc1cc(NC(=O)C2(C)Cc3ccccc3C(=O)O2)n(Cc2ccccc2)n1. The molecule has 28 heavy (non-hydrogen) atoms. The molecule has 0 bridgehead atoms. The van der Waals surface area contributed by atoms with E-state index in [-0.39, 0.29) is 5.91 Å². The predicted molar refractivity (Wildman–Crippen MR) is 105 cm³/mol. The van der Waals surface area contributed by atoms with Crippen LogP contribution in [0.3, 0.4) is 0 Å². The van der Waals surface area contributed by atoms with Crippen LogP contribution in [0.5, 0.6) is 0 Å². The summed E-state index contributed by atoms with van der Waals surface area (Å²) in [6, 6.07) is 18.9. The van der Waals surface area contributed by atoms with Crippen LogP contribution < -0.4 is 5.32 Å². The lowest BCUT2D eigenvalue weighted by Crippen LogP contribution is -2.49. The topological polar surface area (TPSA) is 73.2 Å². The third-order valence-electron chi connectivity index (χ3n) is 4.88. The number of nitrogens with zero attached hydrogens (tertiary/aromatic N) is 2. The maximum Gasteiger partial charge on any atom is 0.339 e. The Morgan fingerprint density at radius 2 is 1.89 bits per heavy atom. The molecule has 4 rings (SSSR count). The summed E-state index contributed by atoms with van der Waals surface area (Å²) < 4.78 is 7.26. The summed E-state index contributed by atoms with van der Waals surface area (Å²) in [5.74, 6) is -0.277. The number of nitrogens with one attached hydrogen (secondary N) is 1. The van der Waals surface area contributed by atoms with E-state index in [1.807, 2.05) is 55.5 Å². The molecule has 1 atom stereocenters. The number of carbonyl (C=O) groups is 2. The molecule has 1 aliphatic rings. The molecule has 1 aliphatic heterocycles. The van der Waals surface area contributed by atoms with E-state index in [9.17, 15) is 9.59 Å². The fraction of sp³-hybridized carbons (Fsp3) is 0.227. The highest BCUT2D eigenvalue weighted by Crippen LogP contribution is 2.29. The van der Waals surface area contributed by atoms with Crippen molar-refractivity contribution in [2.75, 3.05) is 5.32 Å². The lowest BCUT2D eigenvalue weighted by Gasteiger charge is -2.33. The van der Waals surface area contributed by atoms with Gasteiger partial charge in [-0.25, -0.2) is 9.48 Å². The third-order valence-corrected chi connectivity index (χ3v) is 4.88. The number of aryl methyl sites for hydroxylation is 1. The van der Waals surface area contributed by atoms with E-state index in [1.54, 1.807) is 23.7 Å². The van der Waals surface area contributed by atoms with E-state index in [2.05, 4.69) is 10.4 Å². The maximum absolute atomic E-state index is 13.0. The number of carbonyl (C=O) groups excluding carboxylic acids is 2. The Morgan fingerprint density at radius 3 is 2.68 bits per heavy atom. The quantitative estimate of drug-likeness (QED) is 0.710. The molecule has 0 fully saturated rings. The zero-order valence-corrected chi connectivity index (χ0v) is 15.8. The highest BCUT2D eigenvalue weighted by Gasteiger charge is 2.42. The number of cyclic esters (lactones) is 1. The molecule has 0 radical (unpaired) electrons. The molecule has 0 spiro atoms. The molecule has 1 aromatic heterocycles. The average molecular weight is 375 g/mol. The van der Waals surface area contributed by atoms with E-state index < -0.39 is 11.6 Å². The molecule has 0 saturated carbocycles. The molecule has 2 aromatic carbocycles. The second kappa shape index (κ2) is 6.96. The first kappa shape index (κ1) is 18.0. The van der Waals surface area contributed by atoms with E-state index in [1.165, 1.54) is 0 Å². The number of benzene rings is 2. The Balaban J connectivity index is 1.57. The molecular formula is C22H21N3O3. The van der Waals surface area contributed by atoms with Crippen molar-refractivity contribution in [2.45, 2.75) is 32.4 Å². The molecule has 2 heterocycles. The number of fused-ring (bicyclic) bond motifs is 1. The Bertz CT molecular complexity index is 1040. The minimum Gasteiger partial charge on any atom is -0.445 e. The lowest BCUT2D eigenvalue weighted by atomic mass is 9.89. The van der Waals surface area contributed by atoms with Gasteiger partial charge in [0.25, 0.3) is 5.91 Å². The summed E-state index contributed by atoms with van der Waals surface area (Å²) in [4.78, 5) is 25.4.